The van der Waals surface area contributed by atoms with E-state index in [1.807, 2.05) is 16.7 Å². The summed E-state index contributed by atoms with van der Waals surface area (Å²) < 4.78 is 0. The van der Waals surface area contributed by atoms with Gasteiger partial charge < -0.3 is 10.2 Å². The zero-order valence-electron chi connectivity index (χ0n) is 10.5. The molecule has 2 aliphatic heterocycles. The predicted octanol–water partition coefficient (Wildman–Crippen LogP) is 1.01. The molecule has 0 aliphatic carbocycles. The molecule has 2 saturated heterocycles. The number of carbonyl (C=O) groups excluding carboxylic acids is 2. The Morgan fingerprint density at radius 3 is 2.59 bits per heavy atom. The molecule has 0 atom stereocenters. The van der Waals surface area contributed by atoms with Gasteiger partial charge in [0.2, 0.25) is 11.8 Å². The minimum Gasteiger partial charge on any atom is -0.342 e. The largest absolute Gasteiger partial charge is 0.342 e. The molecule has 0 aromatic heterocycles. The fourth-order valence-corrected chi connectivity index (χ4v) is 3.57. The Morgan fingerprint density at radius 2 is 1.94 bits per heavy atom. The summed E-state index contributed by atoms with van der Waals surface area (Å²) in [4.78, 5) is 25.9. The first-order valence-corrected chi connectivity index (χ1v) is 7.36. The molecule has 0 aromatic carbocycles. The molecule has 1 N–H and O–H groups in total. The highest BCUT2D eigenvalue weighted by molar-refractivity contribution is 7.99. The molecule has 4 nitrogen and oxygen atoms in total. The van der Waals surface area contributed by atoms with Gasteiger partial charge >= 0.3 is 0 Å². The molecule has 0 aromatic rings. The molecule has 0 unspecified atom stereocenters. The number of thioether (sulfide) groups is 1. The van der Waals surface area contributed by atoms with Crippen molar-refractivity contribution in [2.75, 3.05) is 18.1 Å². The van der Waals surface area contributed by atoms with E-state index in [0.29, 0.717) is 19.0 Å². The highest BCUT2D eigenvalue weighted by atomic mass is 32.2. The van der Waals surface area contributed by atoms with Gasteiger partial charge in [-0.15, -0.1) is 0 Å². The Kier molecular flexibility index (Phi) is 3.66. The zero-order chi connectivity index (χ0) is 12.5. The van der Waals surface area contributed by atoms with Gasteiger partial charge in [-0.05, 0) is 38.2 Å². The van der Waals surface area contributed by atoms with Crippen LogP contribution in [0.2, 0.25) is 0 Å². The molecule has 2 aliphatic rings. The second-order valence-corrected chi connectivity index (χ2v) is 6.49. The van der Waals surface area contributed by atoms with Gasteiger partial charge in [0.05, 0.1) is 0 Å². The van der Waals surface area contributed by atoms with E-state index in [1.54, 1.807) is 13.8 Å². The summed E-state index contributed by atoms with van der Waals surface area (Å²) in [6.07, 6.45) is 2.54. The predicted molar refractivity (Wildman–Crippen MR) is 68.9 cm³/mol. The van der Waals surface area contributed by atoms with E-state index in [9.17, 15) is 9.59 Å². The van der Waals surface area contributed by atoms with Crippen molar-refractivity contribution >= 4 is 23.6 Å². The first-order chi connectivity index (χ1) is 8.00. The topological polar surface area (TPSA) is 49.4 Å². The van der Waals surface area contributed by atoms with Crippen molar-refractivity contribution in [2.24, 2.45) is 0 Å². The van der Waals surface area contributed by atoms with Crippen LogP contribution < -0.4 is 5.32 Å². The van der Waals surface area contributed by atoms with Crippen molar-refractivity contribution in [1.29, 1.82) is 0 Å². The SMILES string of the molecule is CC1(C)NC(=O)CCN(C2CCSCC2)C1=O. The highest BCUT2D eigenvalue weighted by Gasteiger charge is 2.39. The van der Waals surface area contributed by atoms with Crippen molar-refractivity contribution in [3.8, 4) is 0 Å². The third-order valence-electron chi connectivity index (χ3n) is 3.46. The third kappa shape index (κ3) is 2.76. The van der Waals surface area contributed by atoms with Crippen LogP contribution in [0, 0.1) is 0 Å². The number of carbonyl (C=O) groups is 2. The summed E-state index contributed by atoms with van der Waals surface area (Å²) >= 11 is 1.95. The molecule has 5 heteroatoms. The second kappa shape index (κ2) is 4.88. The maximum absolute atomic E-state index is 12.4. The third-order valence-corrected chi connectivity index (χ3v) is 4.51. The van der Waals surface area contributed by atoms with Crippen molar-refractivity contribution in [3.63, 3.8) is 0 Å². The minimum atomic E-state index is -0.752. The van der Waals surface area contributed by atoms with Gasteiger partial charge in [0, 0.05) is 19.0 Å². The smallest absolute Gasteiger partial charge is 0.248 e. The number of hydrogen-bond donors (Lipinski definition) is 1. The van der Waals surface area contributed by atoms with E-state index in [-0.39, 0.29) is 11.8 Å². The van der Waals surface area contributed by atoms with Crippen LogP contribution in [0.4, 0.5) is 0 Å². The molecule has 2 heterocycles. The fraction of sp³-hybridized carbons (Fsp3) is 0.833. The van der Waals surface area contributed by atoms with Gasteiger partial charge in [-0.2, -0.15) is 11.8 Å². The first-order valence-electron chi connectivity index (χ1n) is 6.20. The molecule has 0 bridgehead atoms. The standard InChI is InChI=1S/C12H20N2O2S/c1-12(2)11(16)14(6-3-10(15)13-12)9-4-7-17-8-5-9/h9H,3-8H2,1-2H3,(H,13,15). The Morgan fingerprint density at radius 1 is 1.29 bits per heavy atom. The normalized spacial score (nSPS) is 26.6. The maximum Gasteiger partial charge on any atom is 0.248 e. The number of amides is 2. The van der Waals surface area contributed by atoms with Crippen LogP contribution in [0.15, 0.2) is 0 Å². The van der Waals surface area contributed by atoms with Crippen molar-refractivity contribution in [1.82, 2.24) is 10.2 Å². The summed E-state index contributed by atoms with van der Waals surface area (Å²) in [5.74, 6) is 2.29. The Balaban J connectivity index is 2.14. The van der Waals surface area contributed by atoms with Crippen LogP contribution in [0.1, 0.15) is 33.1 Å². The summed E-state index contributed by atoms with van der Waals surface area (Å²) in [5, 5.41) is 2.80. The van der Waals surface area contributed by atoms with Gasteiger partial charge in [0.25, 0.3) is 0 Å². The molecule has 0 radical (unpaired) electrons. The summed E-state index contributed by atoms with van der Waals surface area (Å²) in [6, 6.07) is 0.329. The maximum atomic E-state index is 12.4. The van der Waals surface area contributed by atoms with E-state index in [0.717, 1.165) is 24.3 Å². The summed E-state index contributed by atoms with van der Waals surface area (Å²) in [7, 11) is 0. The average molecular weight is 256 g/mol. The van der Waals surface area contributed by atoms with Crippen LogP contribution in [0.3, 0.4) is 0 Å². The molecule has 17 heavy (non-hydrogen) atoms. The second-order valence-electron chi connectivity index (χ2n) is 5.27. The van der Waals surface area contributed by atoms with Gasteiger partial charge in [0.1, 0.15) is 5.54 Å². The van der Waals surface area contributed by atoms with Gasteiger partial charge in [-0.25, -0.2) is 0 Å². The van der Waals surface area contributed by atoms with Crippen LogP contribution >= 0.6 is 11.8 Å². The number of hydrogen-bond acceptors (Lipinski definition) is 3. The molecular weight excluding hydrogens is 236 g/mol. The number of nitrogens with one attached hydrogen (secondary N) is 1. The summed E-state index contributed by atoms with van der Waals surface area (Å²) in [6.45, 7) is 4.16. The van der Waals surface area contributed by atoms with Crippen molar-refractivity contribution < 1.29 is 9.59 Å². The summed E-state index contributed by atoms with van der Waals surface area (Å²) in [5.41, 5.74) is -0.752. The quantitative estimate of drug-likeness (QED) is 0.762. The lowest BCUT2D eigenvalue weighted by atomic mass is 10.0. The van der Waals surface area contributed by atoms with Crippen LogP contribution in [-0.2, 0) is 9.59 Å². The number of nitrogens with zero attached hydrogens (tertiary/aromatic N) is 1. The molecule has 2 rings (SSSR count). The van der Waals surface area contributed by atoms with Crippen molar-refractivity contribution in [3.05, 3.63) is 0 Å². The lowest BCUT2D eigenvalue weighted by Gasteiger charge is -2.36. The highest BCUT2D eigenvalue weighted by Crippen LogP contribution is 2.25. The lowest BCUT2D eigenvalue weighted by molar-refractivity contribution is -0.139. The Hall–Kier alpha value is -0.710. The molecule has 2 amide bonds. The van der Waals surface area contributed by atoms with Crippen LogP contribution in [0.25, 0.3) is 0 Å². The van der Waals surface area contributed by atoms with E-state index >= 15 is 0 Å². The fourth-order valence-electron chi connectivity index (χ4n) is 2.49. The minimum absolute atomic E-state index is 0.0176. The monoisotopic (exact) mass is 256 g/mol. The molecule has 96 valence electrons. The first kappa shape index (κ1) is 12.7. The molecular formula is C12H20N2O2S. The molecule has 2 fully saturated rings. The molecule has 0 saturated carbocycles. The van der Waals surface area contributed by atoms with Gasteiger partial charge in [0.15, 0.2) is 0 Å². The van der Waals surface area contributed by atoms with Crippen LogP contribution in [-0.4, -0.2) is 46.3 Å². The lowest BCUT2D eigenvalue weighted by Crippen LogP contribution is -2.55. The van der Waals surface area contributed by atoms with Crippen molar-refractivity contribution in [2.45, 2.75) is 44.7 Å². The Bertz CT molecular complexity index is 324. The van der Waals surface area contributed by atoms with Gasteiger partial charge in [-0.1, -0.05) is 0 Å². The number of rotatable bonds is 1. The average Bonchev–Trinajstić information content (AvgIpc) is 2.38. The van der Waals surface area contributed by atoms with E-state index in [2.05, 4.69) is 5.32 Å². The van der Waals surface area contributed by atoms with E-state index in [1.165, 1.54) is 0 Å². The molecule has 0 spiro atoms. The zero-order valence-corrected chi connectivity index (χ0v) is 11.3. The van der Waals surface area contributed by atoms with E-state index in [4.69, 9.17) is 0 Å². The van der Waals surface area contributed by atoms with Gasteiger partial charge in [-0.3, -0.25) is 9.59 Å². The Labute approximate surface area is 106 Å². The van der Waals surface area contributed by atoms with Crippen LogP contribution in [0.5, 0.6) is 0 Å². The van der Waals surface area contributed by atoms with E-state index < -0.39 is 5.54 Å².